The summed E-state index contributed by atoms with van der Waals surface area (Å²) >= 11 is 7.90. The smallest absolute Gasteiger partial charge is 0.162 e. The second-order valence-electron chi connectivity index (χ2n) is 5.41. The first kappa shape index (κ1) is 15.3. The Balaban J connectivity index is 2.25. The van der Waals surface area contributed by atoms with Crippen molar-refractivity contribution < 1.29 is 8.78 Å². The summed E-state index contributed by atoms with van der Waals surface area (Å²) < 4.78 is 27.3. The van der Waals surface area contributed by atoms with E-state index < -0.39 is 11.6 Å². The fourth-order valence-corrected chi connectivity index (χ4v) is 3.69. The van der Waals surface area contributed by atoms with E-state index in [1.807, 2.05) is 5.38 Å². The van der Waals surface area contributed by atoms with Crippen molar-refractivity contribution in [3.63, 3.8) is 0 Å². The van der Waals surface area contributed by atoms with E-state index in [1.54, 1.807) is 6.20 Å². The number of hydrogen-bond acceptors (Lipinski definition) is 3. The van der Waals surface area contributed by atoms with Crippen LogP contribution in [-0.4, -0.2) is 9.97 Å². The van der Waals surface area contributed by atoms with Crippen LogP contribution in [-0.2, 0) is 0 Å². The summed E-state index contributed by atoms with van der Waals surface area (Å²) in [7, 11) is 0. The standard InChI is InChI=1S/C16H13ClF2N2S/c1-7(2)12-6-22-16(21-12)9-5-20-11-4-10(18)15(19)8(3)13(11)14(9)17/h4-7H,1-3H3. The summed E-state index contributed by atoms with van der Waals surface area (Å²) in [4.78, 5) is 8.75. The quantitative estimate of drug-likeness (QED) is 0.597. The number of thiazole rings is 1. The average molecular weight is 339 g/mol. The van der Waals surface area contributed by atoms with Gasteiger partial charge in [0, 0.05) is 28.6 Å². The second-order valence-corrected chi connectivity index (χ2v) is 6.65. The highest BCUT2D eigenvalue weighted by molar-refractivity contribution is 7.13. The molecular formula is C16H13ClF2N2S. The number of fused-ring (bicyclic) bond motifs is 1. The van der Waals surface area contributed by atoms with Crippen molar-refractivity contribution in [3.05, 3.63) is 45.6 Å². The zero-order valence-corrected chi connectivity index (χ0v) is 13.8. The van der Waals surface area contributed by atoms with Gasteiger partial charge in [0.05, 0.1) is 16.2 Å². The Bertz CT molecular complexity index is 874. The van der Waals surface area contributed by atoms with Crippen LogP contribution in [0.5, 0.6) is 0 Å². The third-order valence-electron chi connectivity index (χ3n) is 3.57. The monoisotopic (exact) mass is 338 g/mol. The molecule has 0 saturated carbocycles. The fourth-order valence-electron chi connectivity index (χ4n) is 2.26. The first-order valence-corrected chi connectivity index (χ1v) is 8.04. The highest BCUT2D eigenvalue weighted by atomic mass is 35.5. The van der Waals surface area contributed by atoms with Crippen LogP contribution in [0.25, 0.3) is 21.5 Å². The Labute approximate surface area is 135 Å². The molecule has 0 atom stereocenters. The van der Waals surface area contributed by atoms with Crippen molar-refractivity contribution in [2.45, 2.75) is 26.7 Å². The first-order valence-electron chi connectivity index (χ1n) is 6.78. The van der Waals surface area contributed by atoms with E-state index in [0.29, 0.717) is 27.4 Å². The van der Waals surface area contributed by atoms with Crippen LogP contribution in [0, 0.1) is 18.6 Å². The molecule has 0 radical (unpaired) electrons. The molecule has 2 aromatic heterocycles. The Morgan fingerprint density at radius 1 is 1.27 bits per heavy atom. The molecule has 2 heterocycles. The van der Waals surface area contributed by atoms with Crippen LogP contribution in [0.3, 0.4) is 0 Å². The minimum atomic E-state index is -0.919. The minimum Gasteiger partial charge on any atom is -0.255 e. The normalized spacial score (nSPS) is 11.6. The van der Waals surface area contributed by atoms with Gasteiger partial charge >= 0.3 is 0 Å². The lowest BCUT2D eigenvalue weighted by molar-refractivity contribution is 0.505. The zero-order chi connectivity index (χ0) is 16.0. The van der Waals surface area contributed by atoms with E-state index in [4.69, 9.17) is 11.6 Å². The maximum Gasteiger partial charge on any atom is 0.162 e. The summed E-state index contributed by atoms with van der Waals surface area (Å²) in [6, 6.07) is 1.06. The highest BCUT2D eigenvalue weighted by Crippen LogP contribution is 2.37. The van der Waals surface area contributed by atoms with Gasteiger partial charge < -0.3 is 0 Å². The summed E-state index contributed by atoms with van der Waals surface area (Å²) in [6.45, 7) is 5.61. The molecule has 0 bridgehead atoms. The van der Waals surface area contributed by atoms with Gasteiger partial charge in [0.1, 0.15) is 5.01 Å². The number of rotatable bonds is 2. The van der Waals surface area contributed by atoms with Crippen LogP contribution in [0.4, 0.5) is 8.78 Å². The molecule has 0 aliphatic carbocycles. The Morgan fingerprint density at radius 2 is 2.00 bits per heavy atom. The molecule has 22 heavy (non-hydrogen) atoms. The van der Waals surface area contributed by atoms with Crippen molar-refractivity contribution in [1.29, 1.82) is 0 Å². The molecule has 0 amide bonds. The number of aryl methyl sites for hydroxylation is 1. The van der Waals surface area contributed by atoms with Gasteiger partial charge in [0.2, 0.25) is 0 Å². The number of aromatic nitrogens is 2. The van der Waals surface area contributed by atoms with E-state index in [2.05, 4.69) is 23.8 Å². The van der Waals surface area contributed by atoms with Crippen LogP contribution in [0.2, 0.25) is 5.02 Å². The summed E-state index contributed by atoms with van der Waals surface area (Å²) in [5.41, 5.74) is 2.11. The fraction of sp³-hybridized carbons (Fsp3) is 0.250. The van der Waals surface area contributed by atoms with Crippen LogP contribution in [0.15, 0.2) is 17.6 Å². The molecular weight excluding hydrogens is 326 g/mol. The lowest BCUT2D eigenvalue weighted by Gasteiger charge is -2.09. The number of pyridine rings is 1. The van der Waals surface area contributed by atoms with E-state index in [9.17, 15) is 8.78 Å². The number of halogens is 3. The van der Waals surface area contributed by atoms with Gasteiger partial charge in [-0.25, -0.2) is 13.8 Å². The van der Waals surface area contributed by atoms with Gasteiger partial charge in [0.15, 0.2) is 11.6 Å². The second kappa shape index (κ2) is 5.56. The largest absolute Gasteiger partial charge is 0.255 e. The van der Waals surface area contributed by atoms with Crippen molar-refractivity contribution in [2.24, 2.45) is 0 Å². The molecule has 114 valence electrons. The number of nitrogens with zero attached hydrogens (tertiary/aromatic N) is 2. The molecule has 3 aromatic rings. The molecule has 6 heteroatoms. The van der Waals surface area contributed by atoms with E-state index in [0.717, 1.165) is 16.8 Å². The highest BCUT2D eigenvalue weighted by Gasteiger charge is 2.18. The summed E-state index contributed by atoms with van der Waals surface area (Å²) in [6.07, 6.45) is 1.56. The molecule has 0 aliphatic rings. The average Bonchev–Trinajstić information content (AvgIpc) is 2.94. The predicted molar refractivity (Wildman–Crippen MR) is 86.6 cm³/mol. The molecule has 0 saturated heterocycles. The van der Waals surface area contributed by atoms with E-state index in [1.165, 1.54) is 18.3 Å². The summed E-state index contributed by atoms with van der Waals surface area (Å²) in [5, 5.41) is 3.48. The van der Waals surface area contributed by atoms with Crippen molar-refractivity contribution in [1.82, 2.24) is 9.97 Å². The van der Waals surface area contributed by atoms with Gasteiger partial charge in [-0.05, 0) is 18.4 Å². The Kier molecular flexibility index (Phi) is 3.87. The van der Waals surface area contributed by atoms with E-state index >= 15 is 0 Å². The number of benzene rings is 1. The SMILES string of the molecule is Cc1c(F)c(F)cc2ncc(-c3nc(C(C)C)cs3)c(Cl)c12. The molecule has 0 unspecified atom stereocenters. The topological polar surface area (TPSA) is 25.8 Å². The molecule has 0 N–H and O–H groups in total. The van der Waals surface area contributed by atoms with Gasteiger partial charge in [-0.3, -0.25) is 4.98 Å². The lowest BCUT2D eigenvalue weighted by atomic mass is 10.1. The zero-order valence-electron chi connectivity index (χ0n) is 12.2. The summed E-state index contributed by atoms with van der Waals surface area (Å²) in [5.74, 6) is -1.50. The molecule has 0 spiro atoms. The molecule has 0 fully saturated rings. The van der Waals surface area contributed by atoms with Gasteiger partial charge in [0.25, 0.3) is 0 Å². The van der Waals surface area contributed by atoms with Crippen molar-refractivity contribution in [2.75, 3.05) is 0 Å². The lowest BCUT2D eigenvalue weighted by Crippen LogP contribution is -1.95. The van der Waals surface area contributed by atoms with Crippen LogP contribution < -0.4 is 0 Å². The maximum absolute atomic E-state index is 13.8. The number of hydrogen-bond donors (Lipinski definition) is 0. The maximum atomic E-state index is 13.8. The van der Waals surface area contributed by atoms with Crippen LogP contribution >= 0.6 is 22.9 Å². The molecule has 3 rings (SSSR count). The third-order valence-corrected chi connectivity index (χ3v) is 4.85. The van der Waals surface area contributed by atoms with Gasteiger partial charge in [-0.15, -0.1) is 11.3 Å². The van der Waals surface area contributed by atoms with Gasteiger partial charge in [-0.2, -0.15) is 0 Å². The predicted octanol–water partition coefficient (Wildman–Crippen LogP) is 5.72. The molecule has 0 aliphatic heterocycles. The Hall–Kier alpha value is -1.59. The van der Waals surface area contributed by atoms with Crippen molar-refractivity contribution in [3.8, 4) is 10.6 Å². The van der Waals surface area contributed by atoms with Gasteiger partial charge in [-0.1, -0.05) is 25.4 Å². The third kappa shape index (κ3) is 2.38. The van der Waals surface area contributed by atoms with Crippen molar-refractivity contribution >= 4 is 33.8 Å². The molecule has 2 nitrogen and oxygen atoms in total. The molecule has 1 aromatic carbocycles. The minimum absolute atomic E-state index is 0.162. The Morgan fingerprint density at radius 3 is 2.64 bits per heavy atom. The first-order chi connectivity index (χ1) is 10.4. The van der Waals surface area contributed by atoms with Crippen LogP contribution in [0.1, 0.15) is 31.0 Å². The van der Waals surface area contributed by atoms with E-state index in [-0.39, 0.29) is 5.56 Å².